The van der Waals surface area contributed by atoms with Gasteiger partial charge in [0.15, 0.2) is 0 Å². The maximum Gasteiger partial charge on any atom is 0.239 e. The lowest BCUT2D eigenvalue weighted by atomic mass is 9.95. The molecule has 0 saturated heterocycles. The Balaban J connectivity index is 0.00000242. The summed E-state index contributed by atoms with van der Waals surface area (Å²) in [6, 6.07) is 7.81. The molecule has 5 nitrogen and oxygen atoms in total. The zero-order valence-corrected chi connectivity index (χ0v) is 14.0. The summed E-state index contributed by atoms with van der Waals surface area (Å²) in [5, 5.41) is 8.71. The monoisotopic (exact) mass is 325 g/mol. The third-order valence-electron chi connectivity index (χ3n) is 3.34. The molecular weight excluding hydrogens is 302 g/mol. The van der Waals surface area contributed by atoms with Crippen LogP contribution in [0.2, 0.25) is 0 Å². The van der Waals surface area contributed by atoms with Gasteiger partial charge in [-0.25, -0.2) is 0 Å². The molecule has 2 rings (SSSR count). The van der Waals surface area contributed by atoms with Crippen LogP contribution in [0.5, 0.6) is 0 Å². The summed E-state index contributed by atoms with van der Waals surface area (Å²) in [7, 11) is 0. The maximum absolute atomic E-state index is 12.1. The topological polar surface area (TPSA) is 70.2 Å². The lowest BCUT2D eigenvalue weighted by Crippen LogP contribution is -2.51. The molecule has 3 N–H and O–H groups in total. The van der Waals surface area contributed by atoms with Crippen molar-refractivity contribution in [2.24, 2.45) is 0 Å². The molecule has 6 heteroatoms. The molecule has 1 heterocycles. The number of benzene rings is 1. The predicted octanol–water partition coefficient (Wildman–Crippen LogP) is 1.15. The maximum atomic E-state index is 12.1. The minimum Gasteiger partial charge on any atom is -0.350 e. The van der Waals surface area contributed by atoms with Crippen molar-refractivity contribution in [2.75, 3.05) is 6.54 Å². The molecule has 1 aromatic rings. The zero-order valence-electron chi connectivity index (χ0n) is 13.2. The second-order valence-electron chi connectivity index (χ2n) is 6.42. The van der Waals surface area contributed by atoms with Crippen LogP contribution in [0.4, 0.5) is 0 Å². The summed E-state index contributed by atoms with van der Waals surface area (Å²) >= 11 is 0. The van der Waals surface area contributed by atoms with Crippen molar-refractivity contribution < 1.29 is 9.59 Å². The first kappa shape index (κ1) is 18.5. The highest BCUT2D eigenvalue weighted by Gasteiger charge is 2.24. The Morgan fingerprint density at radius 1 is 1.23 bits per heavy atom. The number of hydrogen-bond acceptors (Lipinski definition) is 3. The van der Waals surface area contributed by atoms with Gasteiger partial charge in [-0.3, -0.25) is 9.59 Å². The van der Waals surface area contributed by atoms with Crippen LogP contribution in [-0.4, -0.2) is 29.9 Å². The molecule has 0 aliphatic carbocycles. The van der Waals surface area contributed by atoms with E-state index in [9.17, 15) is 9.59 Å². The standard InChI is InChI=1S/C16H23N3O2.ClH/c1-16(2,3)19-14(20)10-18-15(21)13-8-11-6-4-5-7-12(11)9-17-13;/h4-7,13,17H,8-10H2,1-3H3,(H,18,21)(H,19,20);1H. The van der Waals surface area contributed by atoms with E-state index >= 15 is 0 Å². The molecule has 122 valence electrons. The number of hydrogen-bond donors (Lipinski definition) is 3. The van der Waals surface area contributed by atoms with Gasteiger partial charge in [0.1, 0.15) is 0 Å². The first-order valence-electron chi connectivity index (χ1n) is 7.24. The zero-order chi connectivity index (χ0) is 15.5. The lowest BCUT2D eigenvalue weighted by molar-refractivity contribution is -0.128. The normalized spacial score (nSPS) is 17.0. The van der Waals surface area contributed by atoms with Gasteiger partial charge in [-0.1, -0.05) is 24.3 Å². The second-order valence-corrected chi connectivity index (χ2v) is 6.42. The minimum absolute atomic E-state index is 0. The summed E-state index contributed by atoms with van der Waals surface area (Å²) in [5.41, 5.74) is 2.13. The van der Waals surface area contributed by atoms with E-state index in [1.165, 1.54) is 11.1 Å². The van der Waals surface area contributed by atoms with Gasteiger partial charge in [-0.2, -0.15) is 0 Å². The van der Waals surface area contributed by atoms with Gasteiger partial charge in [-0.15, -0.1) is 12.4 Å². The molecule has 1 aliphatic heterocycles. The van der Waals surface area contributed by atoms with Crippen LogP contribution >= 0.6 is 12.4 Å². The Bertz CT molecular complexity index is 540. The summed E-state index contributed by atoms with van der Waals surface area (Å²) in [4.78, 5) is 23.8. The number of nitrogens with one attached hydrogen (secondary N) is 3. The van der Waals surface area contributed by atoms with Gasteiger partial charge in [-0.05, 0) is 38.3 Å². The van der Waals surface area contributed by atoms with Crippen molar-refractivity contribution in [3.8, 4) is 0 Å². The summed E-state index contributed by atoms with van der Waals surface area (Å²) in [5.74, 6) is -0.305. The predicted molar refractivity (Wildman–Crippen MR) is 88.9 cm³/mol. The fourth-order valence-electron chi connectivity index (χ4n) is 2.39. The summed E-state index contributed by atoms with van der Waals surface area (Å²) in [6.45, 7) is 6.42. The average Bonchev–Trinajstić information content (AvgIpc) is 2.42. The molecule has 2 amide bonds. The number of amides is 2. The molecule has 0 saturated carbocycles. The van der Waals surface area contributed by atoms with Crippen LogP contribution in [-0.2, 0) is 22.6 Å². The minimum atomic E-state index is -0.288. The summed E-state index contributed by atoms with van der Waals surface area (Å²) in [6.07, 6.45) is 0.656. The Morgan fingerprint density at radius 2 is 1.86 bits per heavy atom. The molecule has 1 aliphatic rings. The van der Waals surface area contributed by atoms with Crippen LogP contribution in [0.25, 0.3) is 0 Å². The number of carbonyl (C=O) groups excluding carboxylic acids is 2. The highest BCUT2D eigenvalue weighted by molar-refractivity contribution is 5.88. The number of rotatable bonds is 3. The molecular formula is C16H24ClN3O2. The highest BCUT2D eigenvalue weighted by atomic mass is 35.5. The third-order valence-corrected chi connectivity index (χ3v) is 3.34. The number of carbonyl (C=O) groups is 2. The molecule has 1 unspecified atom stereocenters. The number of fused-ring (bicyclic) bond motifs is 1. The third kappa shape index (κ3) is 5.31. The second kappa shape index (κ2) is 7.61. The Morgan fingerprint density at radius 3 is 2.50 bits per heavy atom. The molecule has 0 radical (unpaired) electrons. The van der Waals surface area contributed by atoms with Gasteiger partial charge in [0, 0.05) is 12.1 Å². The molecule has 0 fully saturated rings. The number of halogens is 1. The summed E-state index contributed by atoms with van der Waals surface area (Å²) < 4.78 is 0. The van der Waals surface area contributed by atoms with Crippen molar-refractivity contribution in [3.63, 3.8) is 0 Å². The van der Waals surface area contributed by atoms with E-state index in [4.69, 9.17) is 0 Å². The highest BCUT2D eigenvalue weighted by Crippen LogP contribution is 2.16. The largest absolute Gasteiger partial charge is 0.350 e. The molecule has 0 spiro atoms. The molecule has 0 bridgehead atoms. The first-order chi connectivity index (χ1) is 9.85. The molecule has 1 aromatic carbocycles. The van der Waals surface area contributed by atoms with Gasteiger partial charge in [0.05, 0.1) is 12.6 Å². The molecule has 22 heavy (non-hydrogen) atoms. The van der Waals surface area contributed by atoms with E-state index in [0.29, 0.717) is 13.0 Å². The van der Waals surface area contributed by atoms with Crippen LogP contribution in [0.15, 0.2) is 24.3 Å². The van der Waals surface area contributed by atoms with Gasteiger partial charge in [0.25, 0.3) is 0 Å². The van der Waals surface area contributed by atoms with Crippen molar-refractivity contribution in [3.05, 3.63) is 35.4 Å². The van der Waals surface area contributed by atoms with E-state index in [-0.39, 0.29) is 42.3 Å². The van der Waals surface area contributed by atoms with Crippen LogP contribution in [0, 0.1) is 0 Å². The van der Waals surface area contributed by atoms with E-state index < -0.39 is 0 Å². The Labute approximate surface area is 137 Å². The van der Waals surface area contributed by atoms with E-state index in [0.717, 1.165) is 0 Å². The van der Waals surface area contributed by atoms with Crippen LogP contribution in [0.1, 0.15) is 31.9 Å². The fraction of sp³-hybridized carbons (Fsp3) is 0.500. The Kier molecular flexibility index (Phi) is 6.38. The van der Waals surface area contributed by atoms with Crippen LogP contribution < -0.4 is 16.0 Å². The Hall–Kier alpha value is -1.59. The van der Waals surface area contributed by atoms with E-state index in [1.54, 1.807) is 0 Å². The fourth-order valence-corrected chi connectivity index (χ4v) is 2.39. The van der Waals surface area contributed by atoms with Gasteiger partial charge < -0.3 is 16.0 Å². The van der Waals surface area contributed by atoms with Crippen molar-refractivity contribution in [2.45, 2.75) is 45.3 Å². The smallest absolute Gasteiger partial charge is 0.239 e. The van der Waals surface area contributed by atoms with Crippen molar-refractivity contribution in [1.29, 1.82) is 0 Å². The average molecular weight is 326 g/mol. The van der Waals surface area contributed by atoms with Crippen molar-refractivity contribution in [1.82, 2.24) is 16.0 Å². The SMILES string of the molecule is CC(C)(C)NC(=O)CNC(=O)C1Cc2ccccc2CN1.Cl. The first-order valence-corrected chi connectivity index (χ1v) is 7.24. The lowest BCUT2D eigenvalue weighted by Gasteiger charge is -2.25. The molecule has 0 aromatic heterocycles. The van der Waals surface area contributed by atoms with E-state index in [2.05, 4.69) is 22.0 Å². The van der Waals surface area contributed by atoms with Crippen molar-refractivity contribution >= 4 is 24.2 Å². The van der Waals surface area contributed by atoms with E-state index in [1.807, 2.05) is 39.0 Å². The quantitative estimate of drug-likeness (QED) is 0.781. The van der Waals surface area contributed by atoms with Gasteiger partial charge >= 0.3 is 0 Å². The van der Waals surface area contributed by atoms with Gasteiger partial charge in [0.2, 0.25) is 11.8 Å². The molecule has 1 atom stereocenters. The van der Waals surface area contributed by atoms with Crippen LogP contribution in [0.3, 0.4) is 0 Å².